The van der Waals surface area contributed by atoms with Crippen LogP contribution in [0, 0.1) is 6.92 Å². The summed E-state index contributed by atoms with van der Waals surface area (Å²) in [5.41, 5.74) is 2.37. The number of hydrogen-bond acceptors (Lipinski definition) is 3. The van der Waals surface area contributed by atoms with Crippen molar-refractivity contribution < 1.29 is 9.59 Å². The summed E-state index contributed by atoms with van der Waals surface area (Å²) < 4.78 is 0. The number of aryl methyl sites for hydroxylation is 1. The van der Waals surface area contributed by atoms with Crippen LogP contribution in [0.25, 0.3) is 0 Å². The average molecular weight is 403 g/mol. The van der Waals surface area contributed by atoms with E-state index in [1.54, 1.807) is 16.7 Å². The van der Waals surface area contributed by atoms with Crippen LogP contribution in [0.15, 0.2) is 48.5 Å². The Labute approximate surface area is 169 Å². The van der Waals surface area contributed by atoms with Gasteiger partial charge in [-0.15, -0.1) is 11.8 Å². The minimum absolute atomic E-state index is 0.110. The third-order valence-corrected chi connectivity index (χ3v) is 6.28. The molecule has 2 atom stereocenters. The summed E-state index contributed by atoms with van der Waals surface area (Å²) >= 11 is 7.99. The molecule has 3 rings (SSSR count). The van der Waals surface area contributed by atoms with Crippen LogP contribution in [-0.2, 0) is 4.79 Å². The van der Waals surface area contributed by atoms with E-state index in [2.05, 4.69) is 5.32 Å². The number of nitrogens with zero attached hydrogens (tertiary/aromatic N) is 1. The lowest BCUT2D eigenvalue weighted by molar-refractivity contribution is -0.124. The van der Waals surface area contributed by atoms with Crippen molar-refractivity contribution in [3.05, 3.63) is 70.2 Å². The second-order valence-electron chi connectivity index (χ2n) is 6.54. The Morgan fingerprint density at radius 1 is 1.19 bits per heavy atom. The van der Waals surface area contributed by atoms with E-state index >= 15 is 0 Å². The fourth-order valence-corrected chi connectivity index (χ4v) is 4.96. The molecular weight excluding hydrogens is 380 g/mol. The molecule has 0 spiro atoms. The zero-order chi connectivity index (χ0) is 19.4. The number of halogens is 1. The first-order valence-corrected chi connectivity index (χ1v) is 10.5. The summed E-state index contributed by atoms with van der Waals surface area (Å²) in [5.74, 6) is 0.295. The highest BCUT2D eigenvalue weighted by molar-refractivity contribution is 7.99. The van der Waals surface area contributed by atoms with Crippen molar-refractivity contribution in [3.8, 4) is 0 Å². The SMILES string of the molecule is CCCNC(=O)C1CSC(c2ccccc2Cl)N1C(=O)c1ccccc1C. The van der Waals surface area contributed by atoms with Crippen LogP contribution >= 0.6 is 23.4 Å². The molecule has 2 amide bonds. The van der Waals surface area contributed by atoms with Gasteiger partial charge >= 0.3 is 0 Å². The molecule has 0 aliphatic carbocycles. The van der Waals surface area contributed by atoms with E-state index in [1.165, 1.54) is 0 Å². The zero-order valence-corrected chi connectivity index (χ0v) is 17.0. The topological polar surface area (TPSA) is 49.4 Å². The number of carbonyl (C=O) groups excluding carboxylic acids is 2. The number of amides is 2. The second-order valence-corrected chi connectivity index (χ2v) is 8.06. The van der Waals surface area contributed by atoms with Crippen molar-refractivity contribution >= 4 is 35.2 Å². The van der Waals surface area contributed by atoms with Gasteiger partial charge in [0.2, 0.25) is 5.91 Å². The standard InChI is InChI=1S/C21H23ClN2O2S/c1-3-12-23-19(25)18-13-27-21(16-10-6-7-11-17(16)22)24(18)20(26)15-9-5-4-8-14(15)2/h4-11,18,21H,3,12-13H2,1-2H3,(H,23,25). The lowest BCUT2D eigenvalue weighted by Gasteiger charge is -2.30. The monoisotopic (exact) mass is 402 g/mol. The molecule has 0 bridgehead atoms. The number of benzene rings is 2. The van der Waals surface area contributed by atoms with Gasteiger partial charge in [0.1, 0.15) is 11.4 Å². The van der Waals surface area contributed by atoms with Gasteiger partial charge in [0.25, 0.3) is 5.91 Å². The molecule has 1 heterocycles. The van der Waals surface area contributed by atoms with Crippen molar-refractivity contribution in [2.75, 3.05) is 12.3 Å². The molecule has 2 aromatic carbocycles. The molecule has 4 nitrogen and oxygen atoms in total. The minimum atomic E-state index is -0.519. The molecule has 6 heteroatoms. The fourth-order valence-electron chi connectivity index (χ4n) is 3.19. The van der Waals surface area contributed by atoms with Crippen molar-refractivity contribution in [2.45, 2.75) is 31.7 Å². The molecule has 0 radical (unpaired) electrons. The molecule has 0 saturated carbocycles. The Morgan fingerprint density at radius 2 is 1.89 bits per heavy atom. The van der Waals surface area contributed by atoms with Gasteiger partial charge < -0.3 is 10.2 Å². The van der Waals surface area contributed by atoms with E-state index in [9.17, 15) is 9.59 Å². The van der Waals surface area contributed by atoms with Crippen molar-refractivity contribution in [3.63, 3.8) is 0 Å². The number of thioether (sulfide) groups is 1. The second kappa shape index (κ2) is 8.81. The van der Waals surface area contributed by atoms with Gasteiger partial charge in [0.05, 0.1) is 0 Å². The lowest BCUT2D eigenvalue weighted by atomic mass is 10.1. The highest BCUT2D eigenvalue weighted by atomic mass is 35.5. The largest absolute Gasteiger partial charge is 0.354 e. The number of nitrogens with one attached hydrogen (secondary N) is 1. The Hall–Kier alpha value is -1.98. The maximum atomic E-state index is 13.4. The minimum Gasteiger partial charge on any atom is -0.354 e. The fraction of sp³-hybridized carbons (Fsp3) is 0.333. The Kier molecular flexibility index (Phi) is 6.45. The summed E-state index contributed by atoms with van der Waals surface area (Å²) in [5, 5.41) is 3.25. The molecule has 1 aliphatic rings. The first-order valence-electron chi connectivity index (χ1n) is 9.06. The van der Waals surface area contributed by atoms with E-state index in [1.807, 2.05) is 62.4 Å². The van der Waals surface area contributed by atoms with Gasteiger partial charge in [-0.3, -0.25) is 9.59 Å². The lowest BCUT2D eigenvalue weighted by Crippen LogP contribution is -2.48. The smallest absolute Gasteiger partial charge is 0.256 e. The predicted molar refractivity (Wildman–Crippen MR) is 111 cm³/mol. The molecular formula is C21H23ClN2O2S. The summed E-state index contributed by atoms with van der Waals surface area (Å²) in [7, 11) is 0. The van der Waals surface area contributed by atoms with Crippen LogP contribution in [-0.4, -0.2) is 35.1 Å². The third kappa shape index (κ3) is 4.14. The molecule has 0 aromatic heterocycles. The van der Waals surface area contributed by atoms with Crippen molar-refractivity contribution in [1.82, 2.24) is 10.2 Å². The number of hydrogen-bond donors (Lipinski definition) is 1. The van der Waals surface area contributed by atoms with Crippen LogP contribution in [0.3, 0.4) is 0 Å². The summed E-state index contributed by atoms with van der Waals surface area (Å²) in [6.45, 7) is 4.52. The summed E-state index contributed by atoms with van der Waals surface area (Å²) in [6, 6.07) is 14.5. The van der Waals surface area contributed by atoms with Crippen LogP contribution in [0.1, 0.15) is 40.2 Å². The van der Waals surface area contributed by atoms with Gasteiger partial charge in [-0.1, -0.05) is 54.9 Å². The molecule has 2 unspecified atom stereocenters. The van der Waals surface area contributed by atoms with E-state index in [-0.39, 0.29) is 17.2 Å². The van der Waals surface area contributed by atoms with Crippen LogP contribution in [0.5, 0.6) is 0 Å². The van der Waals surface area contributed by atoms with Crippen LogP contribution in [0.4, 0.5) is 0 Å². The van der Waals surface area contributed by atoms with Gasteiger partial charge in [-0.25, -0.2) is 0 Å². The van der Waals surface area contributed by atoms with Crippen LogP contribution in [0.2, 0.25) is 5.02 Å². The maximum absolute atomic E-state index is 13.4. The Balaban J connectivity index is 1.99. The summed E-state index contributed by atoms with van der Waals surface area (Å²) in [4.78, 5) is 27.9. The molecule has 2 aromatic rings. The molecule has 1 saturated heterocycles. The van der Waals surface area contributed by atoms with E-state index in [0.717, 1.165) is 17.5 Å². The third-order valence-electron chi connectivity index (χ3n) is 4.63. The highest BCUT2D eigenvalue weighted by Gasteiger charge is 2.43. The van der Waals surface area contributed by atoms with E-state index in [4.69, 9.17) is 11.6 Å². The highest BCUT2D eigenvalue weighted by Crippen LogP contribution is 2.44. The van der Waals surface area contributed by atoms with Gasteiger partial charge in [0.15, 0.2) is 0 Å². The zero-order valence-electron chi connectivity index (χ0n) is 15.4. The first-order chi connectivity index (χ1) is 13.0. The van der Waals surface area contributed by atoms with Gasteiger partial charge in [-0.05, 0) is 31.0 Å². The Morgan fingerprint density at radius 3 is 2.59 bits per heavy atom. The van der Waals surface area contributed by atoms with Crippen LogP contribution < -0.4 is 5.32 Å². The number of rotatable bonds is 5. The molecule has 27 heavy (non-hydrogen) atoms. The predicted octanol–water partition coefficient (Wildman–Crippen LogP) is 4.43. The maximum Gasteiger partial charge on any atom is 0.256 e. The molecule has 1 N–H and O–H groups in total. The Bertz CT molecular complexity index is 842. The molecule has 142 valence electrons. The molecule has 1 aliphatic heterocycles. The normalized spacial score (nSPS) is 19.1. The quantitative estimate of drug-likeness (QED) is 0.804. The average Bonchev–Trinajstić information content (AvgIpc) is 3.11. The summed E-state index contributed by atoms with van der Waals surface area (Å²) in [6.07, 6.45) is 0.852. The van der Waals surface area contributed by atoms with E-state index in [0.29, 0.717) is 22.9 Å². The molecule has 1 fully saturated rings. The number of carbonyl (C=O) groups is 2. The van der Waals surface area contributed by atoms with E-state index < -0.39 is 6.04 Å². The van der Waals surface area contributed by atoms with Crippen molar-refractivity contribution in [1.29, 1.82) is 0 Å². The first kappa shape index (κ1) is 19.8. The van der Waals surface area contributed by atoms with Gasteiger partial charge in [-0.2, -0.15) is 0 Å². The van der Waals surface area contributed by atoms with Crippen molar-refractivity contribution in [2.24, 2.45) is 0 Å². The van der Waals surface area contributed by atoms with Gasteiger partial charge in [0, 0.05) is 28.4 Å².